The van der Waals surface area contributed by atoms with E-state index in [1.165, 1.54) is 47.8 Å². The summed E-state index contributed by atoms with van der Waals surface area (Å²) in [5, 5.41) is 3.77. The molecule has 0 saturated heterocycles. The van der Waals surface area contributed by atoms with Gasteiger partial charge in [0.25, 0.3) is 0 Å². The molecule has 0 heterocycles. The SMILES string of the molecule is CCOC1CC(Nc2ccc(I)cc2)C12CCCCC2. The van der Waals surface area contributed by atoms with Crippen LogP contribution in [-0.2, 0) is 4.74 Å². The second-order valence-electron chi connectivity index (χ2n) is 6.18. The molecule has 20 heavy (non-hydrogen) atoms. The summed E-state index contributed by atoms with van der Waals surface area (Å²) >= 11 is 2.36. The van der Waals surface area contributed by atoms with E-state index in [1.807, 2.05) is 0 Å². The van der Waals surface area contributed by atoms with E-state index in [0.717, 1.165) is 6.61 Å². The Morgan fingerprint density at radius 1 is 1.20 bits per heavy atom. The normalized spacial score (nSPS) is 28.1. The minimum absolute atomic E-state index is 0.400. The highest BCUT2D eigenvalue weighted by Gasteiger charge is 2.55. The first-order chi connectivity index (χ1) is 9.74. The van der Waals surface area contributed by atoms with Gasteiger partial charge < -0.3 is 10.1 Å². The lowest BCUT2D eigenvalue weighted by Crippen LogP contribution is -2.62. The van der Waals surface area contributed by atoms with E-state index in [-0.39, 0.29) is 0 Å². The van der Waals surface area contributed by atoms with Crippen molar-refractivity contribution in [3.63, 3.8) is 0 Å². The van der Waals surface area contributed by atoms with Crippen molar-refractivity contribution in [3.05, 3.63) is 27.8 Å². The maximum Gasteiger partial charge on any atom is 0.0670 e. The van der Waals surface area contributed by atoms with Crippen LogP contribution in [0.15, 0.2) is 24.3 Å². The van der Waals surface area contributed by atoms with Crippen LogP contribution in [0.5, 0.6) is 0 Å². The first-order valence-corrected chi connectivity index (χ1v) is 8.96. The van der Waals surface area contributed by atoms with Crippen molar-refractivity contribution < 1.29 is 4.74 Å². The molecular weight excluding hydrogens is 361 g/mol. The lowest BCUT2D eigenvalue weighted by molar-refractivity contribution is -0.134. The molecule has 1 N–H and O–H groups in total. The molecule has 0 aliphatic heterocycles. The Balaban J connectivity index is 1.71. The Morgan fingerprint density at radius 3 is 2.55 bits per heavy atom. The summed E-state index contributed by atoms with van der Waals surface area (Å²) in [6, 6.07) is 9.35. The van der Waals surface area contributed by atoms with Gasteiger partial charge in [-0.1, -0.05) is 19.3 Å². The topological polar surface area (TPSA) is 21.3 Å². The lowest BCUT2D eigenvalue weighted by Gasteiger charge is -2.58. The molecule has 1 aromatic carbocycles. The molecule has 2 fully saturated rings. The minimum atomic E-state index is 0.400. The zero-order valence-corrected chi connectivity index (χ0v) is 14.4. The molecule has 2 saturated carbocycles. The Kier molecular flexibility index (Phi) is 4.55. The molecule has 0 radical (unpaired) electrons. The van der Waals surface area contributed by atoms with Crippen molar-refractivity contribution in [2.45, 2.75) is 57.6 Å². The van der Waals surface area contributed by atoms with Crippen LogP contribution in [0.1, 0.15) is 45.4 Å². The average Bonchev–Trinajstić information content (AvgIpc) is 2.49. The van der Waals surface area contributed by atoms with Gasteiger partial charge in [-0.05, 0) is 73.0 Å². The molecule has 2 atom stereocenters. The molecule has 1 spiro atoms. The highest BCUT2D eigenvalue weighted by atomic mass is 127. The van der Waals surface area contributed by atoms with Crippen molar-refractivity contribution in [1.82, 2.24) is 0 Å². The van der Waals surface area contributed by atoms with E-state index < -0.39 is 0 Å². The highest BCUT2D eigenvalue weighted by Crippen LogP contribution is 2.54. The molecule has 1 aromatic rings. The third-order valence-electron chi connectivity index (χ3n) is 5.12. The van der Waals surface area contributed by atoms with Gasteiger partial charge in [0.15, 0.2) is 0 Å². The molecule has 3 rings (SSSR count). The van der Waals surface area contributed by atoms with Crippen molar-refractivity contribution in [1.29, 1.82) is 0 Å². The summed E-state index contributed by atoms with van der Waals surface area (Å²) in [5.41, 5.74) is 1.66. The smallest absolute Gasteiger partial charge is 0.0670 e. The monoisotopic (exact) mass is 385 g/mol. The molecule has 3 heteroatoms. The lowest BCUT2D eigenvalue weighted by atomic mass is 9.55. The van der Waals surface area contributed by atoms with Crippen molar-refractivity contribution in [2.24, 2.45) is 5.41 Å². The summed E-state index contributed by atoms with van der Waals surface area (Å²) < 4.78 is 7.31. The first-order valence-electron chi connectivity index (χ1n) is 7.88. The van der Waals surface area contributed by atoms with E-state index in [1.54, 1.807) is 0 Å². The van der Waals surface area contributed by atoms with Gasteiger partial charge in [0.1, 0.15) is 0 Å². The van der Waals surface area contributed by atoms with Crippen LogP contribution in [0.4, 0.5) is 5.69 Å². The molecule has 0 aromatic heterocycles. The number of nitrogens with one attached hydrogen (secondary N) is 1. The largest absolute Gasteiger partial charge is 0.382 e. The van der Waals surface area contributed by atoms with Gasteiger partial charge in [-0.25, -0.2) is 0 Å². The number of ether oxygens (including phenoxy) is 1. The zero-order valence-electron chi connectivity index (χ0n) is 12.2. The summed E-state index contributed by atoms with van der Waals surface area (Å²) in [7, 11) is 0. The standard InChI is InChI=1S/C17H24INO/c1-2-20-16-12-15(17(16)10-4-3-5-11-17)19-14-8-6-13(18)7-9-14/h6-9,15-16,19H,2-5,10-12H2,1H3. The molecule has 0 bridgehead atoms. The van der Waals surface area contributed by atoms with Gasteiger partial charge in [-0.3, -0.25) is 0 Å². The number of rotatable bonds is 4. The van der Waals surface area contributed by atoms with Gasteiger partial charge in [-0.2, -0.15) is 0 Å². The molecule has 2 aliphatic carbocycles. The van der Waals surface area contributed by atoms with Crippen LogP contribution in [0.2, 0.25) is 0 Å². The first kappa shape index (κ1) is 14.6. The van der Waals surface area contributed by atoms with E-state index in [4.69, 9.17) is 4.74 Å². The van der Waals surface area contributed by atoms with Crippen molar-refractivity contribution in [3.8, 4) is 0 Å². The predicted molar refractivity (Wildman–Crippen MR) is 92.1 cm³/mol. The summed E-state index contributed by atoms with van der Waals surface area (Å²) in [4.78, 5) is 0. The van der Waals surface area contributed by atoms with Crippen LogP contribution < -0.4 is 5.32 Å². The van der Waals surface area contributed by atoms with Gasteiger partial charge >= 0.3 is 0 Å². The Morgan fingerprint density at radius 2 is 1.90 bits per heavy atom. The van der Waals surface area contributed by atoms with Gasteiger partial charge in [0, 0.05) is 27.3 Å². The molecule has 2 unspecified atom stereocenters. The predicted octanol–water partition coefficient (Wildman–Crippen LogP) is 4.83. The fraction of sp³-hybridized carbons (Fsp3) is 0.647. The fourth-order valence-corrected chi connectivity index (χ4v) is 4.37. The summed E-state index contributed by atoms with van der Waals surface area (Å²) in [5.74, 6) is 0. The third-order valence-corrected chi connectivity index (χ3v) is 5.84. The summed E-state index contributed by atoms with van der Waals surface area (Å²) in [6.45, 7) is 2.97. The molecular formula is C17H24INO. The average molecular weight is 385 g/mol. The van der Waals surface area contributed by atoms with Crippen LogP contribution in [0.25, 0.3) is 0 Å². The van der Waals surface area contributed by atoms with E-state index in [2.05, 4.69) is 59.1 Å². The van der Waals surface area contributed by atoms with Crippen LogP contribution >= 0.6 is 22.6 Å². The van der Waals surface area contributed by atoms with Crippen molar-refractivity contribution in [2.75, 3.05) is 11.9 Å². The molecule has 2 aliphatic rings. The van der Waals surface area contributed by atoms with Gasteiger partial charge in [-0.15, -0.1) is 0 Å². The van der Waals surface area contributed by atoms with E-state index in [9.17, 15) is 0 Å². The third kappa shape index (κ3) is 2.71. The van der Waals surface area contributed by atoms with Gasteiger partial charge in [0.05, 0.1) is 6.10 Å². The van der Waals surface area contributed by atoms with Crippen LogP contribution in [0, 0.1) is 8.99 Å². The van der Waals surface area contributed by atoms with Crippen molar-refractivity contribution >= 4 is 28.3 Å². The van der Waals surface area contributed by atoms with E-state index >= 15 is 0 Å². The summed E-state index contributed by atoms with van der Waals surface area (Å²) in [6.07, 6.45) is 8.45. The number of benzene rings is 1. The number of anilines is 1. The van der Waals surface area contributed by atoms with Crippen LogP contribution in [0.3, 0.4) is 0 Å². The minimum Gasteiger partial charge on any atom is -0.382 e. The molecule has 0 amide bonds. The Hall–Kier alpha value is -0.290. The second kappa shape index (κ2) is 6.22. The Labute approximate surface area is 135 Å². The molecule has 2 nitrogen and oxygen atoms in total. The maximum absolute atomic E-state index is 6.02. The Bertz CT molecular complexity index is 439. The number of halogens is 1. The molecule has 110 valence electrons. The zero-order chi connectivity index (χ0) is 14.0. The van der Waals surface area contributed by atoms with E-state index in [0.29, 0.717) is 17.6 Å². The van der Waals surface area contributed by atoms with Gasteiger partial charge in [0.2, 0.25) is 0 Å². The number of hydrogen-bond donors (Lipinski definition) is 1. The quantitative estimate of drug-likeness (QED) is 0.750. The second-order valence-corrected chi connectivity index (χ2v) is 7.42. The van der Waals surface area contributed by atoms with Crippen LogP contribution in [-0.4, -0.2) is 18.8 Å². The maximum atomic E-state index is 6.02. The highest BCUT2D eigenvalue weighted by molar-refractivity contribution is 14.1. The fourth-order valence-electron chi connectivity index (χ4n) is 4.01. The number of hydrogen-bond acceptors (Lipinski definition) is 2.